The highest BCUT2D eigenvalue weighted by atomic mass is 79.9. The minimum atomic E-state index is -0.754. The lowest BCUT2D eigenvalue weighted by Gasteiger charge is -2.39. The fraction of sp³-hybridized carbons (Fsp3) is 0.316. The molecule has 0 bridgehead atoms. The molecule has 0 aliphatic carbocycles. The highest BCUT2D eigenvalue weighted by molar-refractivity contribution is 9.10. The van der Waals surface area contributed by atoms with Crippen LogP contribution in [0.4, 0.5) is 0 Å². The van der Waals surface area contributed by atoms with Gasteiger partial charge in [0.2, 0.25) is 0 Å². The Morgan fingerprint density at radius 3 is 2.12 bits per heavy atom. The number of hydrogen-bond acceptors (Lipinski definition) is 3. The van der Waals surface area contributed by atoms with Crippen LogP contribution in [0.5, 0.6) is 0 Å². The van der Waals surface area contributed by atoms with E-state index in [1.165, 1.54) is 11.1 Å². The number of benzene rings is 2. The minimum absolute atomic E-state index is 0.127. The van der Waals surface area contributed by atoms with Gasteiger partial charge in [0, 0.05) is 30.7 Å². The lowest BCUT2D eigenvalue weighted by Crippen LogP contribution is -2.49. The van der Waals surface area contributed by atoms with E-state index in [2.05, 4.69) is 69.4 Å². The Balaban J connectivity index is 1.81. The average Bonchev–Trinajstić information content (AvgIpc) is 2.59. The molecular weight excluding hydrogens is 368 g/mol. The van der Waals surface area contributed by atoms with Gasteiger partial charge in [0.05, 0.1) is 12.6 Å². The Morgan fingerprint density at radius 2 is 1.54 bits per heavy atom. The number of aliphatic carboxylic acids is 1. The summed E-state index contributed by atoms with van der Waals surface area (Å²) in [6.45, 7) is 3.42. The monoisotopic (exact) mass is 388 g/mol. The van der Waals surface area contributed by atoms with Crippen molar-refractivity contribution >= 4 is 21.9 Å². The maximum atomic E-state index is 10.9. The Labute approximate surface area is 150 Å². The number of piperazine rings is 1. The van der Waals surface area contributed by atoms with Crippen LogP contribution in [0.2, 0.25) is 0 Å². The van der Waals surface area contributed by atoms with E-state index in [0.717, 1.165) is 30.7 Å². The van der Waals surface area contributed by atoms with E-state index in [4.69, 9.17) is 5.11 Å². The molecule has 0 spiro atoms. The van der Waals surface area contributed by atoms with Gasteiger partial charge in [-0.05, 0) is 23.3 Å². The maximum Gasteiger partial charge on any atom is 0.317 e. The van der Waals surface area contributed by atoms with Crippen LogP contribution in [0.25, 0.3) is 0 Å². The molecular formula is C19H21BrN2O2. The Morgan fingerprint density at radius 1 is 0.958 bits per heavy atom. The predicted octanol–water partition coefficient (Wildman–Crippen LogP) is 3.24. The number of carboxylic acids is 1. The highest BCUT2D eigenvalue weighted by Gasteiger charge is 2.26. The summed E-state index contributed by atoms with van der Waals surface area (Å²) in [6, 6.07) is 19.2. The zero-order valence-corrected chi connectivity index (χ0v) is 15.0. The molecule has 4 nitrogen and oxygen atoms in total. The summed E-state index contributed by atoms with van der Waals surface area (Å²) in [4.78, 5) is 15.3. The molecule has 0 saturated carbocycles. The molecule has 1 aliphatic rings. The zero-order chi connectivity index (χ0) is 16.9. The van der Waals surface area contributed by atoms with E-state index in [-0.39, 0.29) is 12.6 Å². The largest absolute Gasteiger partial charge is 0.480 e. The van der Waals surface area contributed by atoms with Gasteiger partial charge in [0.1, 0.15) is 0 Å². The van der Waals surface area contributed by atoms with Crippen LogP contribution in [-0.4, -0.2) is 53.6 Å². The molecule has 0 aromatic heterocycles. The van der Waals surface area contributed by atoms with Gasteiger partial charge < -0.3 is 5.11 Å². The molecule has 2 aromatic rings. The van der Waals surface area contributed by atoms with Gasteiger partial charge in [-0.3, -0.25) is 14.6 Å². The van der Waals surface area contributed by atoms with Gasteiger partial charge in [0.25, 0.3) is 0 Å². The second kappa shape index (κ2) is 7.92. The molecule has 0 amide bonds. The second-order valence-corrected chi connectivity index (χ2v) is 6.99. The number of halogens is 1. The first-order chi connectivity index (χ1) is 11.6. The summed E-state index contributed by atoms with van der Waals surface area (Å²) in [6.07, 6.45) is 0. The molecule has 1 heterocycles. The van der Waals surface area contributed by atoms with E-state index in [0.29, 0.717) is 0 Å². The molecule has 2 aromatic carbocycles. The third-order valence-corrected chi connectivity index (χ3v) is 4.96. The van der Waals surface area contributed by atoms with Crippen molar-refractivity contribution in [2.24, 2.45) is 0 Å². The number of carbonyl (C=O) groups is 1. The van der Waals surface area contributed by atoms with Gasteiger partial charge in [-0.15, -0.1) is 0 Å². The van der Waals surface area contributed by atoms with Gasteiger partial charge in [-0.2, -0.15) is 0 Å². The normalized spacial score (nSPS) is 17.5. The first-order valence-corrected chi connectivity index (χ1v) is 8.91. The highest BCUT2D eigenvalue weighted by Crippen LogP contribution is 2.30. The van der Waals surface area contributed by atoms with Gasteiger partial charge in [-0.25, -0.2) is 0 Å². The van der Waals surface area contributed by atoms with Crippen LogP contribution in [0.1, 0.15) is 17.2 Å². The second-order valence-electron chi connectivity index (χ2n) is 6.07. The molecule has 1 atom stereocenters. The van der Waals surface area contributed by atoms with Crippen LogP contribution in [0.3, 0.4) is 0 Å². The molecule has 0 radical (unpaired) electrons. The summed E-state index contributed by atoms with van der Waals surface area (Å²) in [7, 11) is 0. The Kier molecular flexibility index (Phi) is 5.66. The molecule has 1 saturated heterocycles. The molecule has 24 heavy (non-hydrogen) atoms. The number of hydrogen-bond donors (Lipinski definition) is 1. The third kappa shape index (κ3) is 4.23. The summed E-state index contributed by atoms with van der Waals surface area (Å²) >= 11 is 3.50. The van der Waals surface area contributed by atoms with E-state index in [9.17, 15) is 4.79 Å². The fourth-order valence-electron chi connectivity index (χ4n) is 3.27. The molecule has 1 N–H and O–H groups in total. The van der Waals surface area contributed by atoms with Crippen molar-refractivity contribution in [2.75, 3.05) is 32.7 Å². The van der Waals surface area contributed by atoms with E-state index >= 15 is 0 Å². The molecule has 1 aliphatic heterocycles. The SMILES string of the molecule is O=C(O)CN1CCN(C(c2ccccc2)c2ccc(Br)cc2)CC1. The van der Waals surface area contributed by atoms with Crippen molar-refractivity contribution in [1.29, 1.82) is 0 Å². The predicted molar refractivity (Wildman–Crippen MR) is 98.1 cm³/mol. The smallest absolute Gasteiger partial charge is 0.317 e. The summed E-state index contributed by atoms with van der Waals surface area (Å²) < 4.78 is 1.07. The lowest BCUT2D eigenvalue weighted by atomic mass is 9.96. The molecule has 3 rings (SSSR count). The van der Waals surface area contributed by atoms with Crippen LogP contribution in [0, 0.1) is 0 Å². The standard InChI is InChI=1S/C19H21BrN2O2/c20-17-8-6-16(7-9-17)19(15-4-2-1-3-5-15)22-12-10-21(11-13-22)14-18(23)24/h1-9,19H,10-14H2,(H,23,24). The van der Waals surface area contributed by atoms with Gasteiger partial charge in [0.15, 0.2) is 0 Å². The van der Waals surface area contributed by atoms with E-state index in [1.54, 1.807) is 0 Å². The van der Waals surface area contributed by atoms with Crippen molar-refractivity contribution in [1.82, 2.24) is 9.80 Å². The number of rotatable bonds is 5. The van der Waals surface area contributed by atoms with E-state index in [1.807, 2.05) is 11.0 Å². The van der Waals surface area contributed by atoms with Crippen molar-refractivity contribution < 1.29 is 9.90 Å². The molecule has 5 heteroatoms. The minimum Gasteiger partial charge on any atom is -0.480 e. The van der Waals surface area contributed by atoms with Crippen LogP contribution >= 0.6 is 15.9 Å². The topological polar surface area (TPSA) is 43.8 Å². The van der Waals surface area contributed by atoms with Crippen LogP contribution in [0.15, 0.2) is 59.1 Å². The number of carboxylic acid groups (broad SMARTS) is 1. The van der Waals surface area contributed by atoms with Crippen molar-refractivity contribution in [3.63, 3.8) is 0 Å². The van der Waals surface area contributed by atoms with Gasteiger partial charge >= 0.3 is 5.97 Å². The summed E-state index contributed by atoms with van der Waals surface area (Å²) in [5.41, 5.74) is 2.53. The molecule has 126 valence electrons. The van der Waals surface area contributed by atoms with Crippen molar-refractivity contribution in [3.05, 3.63) is 70.2 Å². The van der Waals surface area contributed by atoms with Crippen molar-refractivity contribution in [2.45, 2.75) is 6.04 Å². The molecule has 1 fully saturated rings. The summed E-state index contributed by atoms with van der Waals surface area (Å²) in [5, 5.41) is 8.96. The fourth-order valence-corrected chi connectivity index (χ4v) is 3.53. The Bertz CT molecular complexity index is 668. The van der Waals surface area contributed by atoms with Gasteiger partial charge in [-0.1, -0.05) is 58.4 Å². The number of nitrogens with zero attached hydrogens (tertiary/aromatic N) is 2. The molecule has 1 unspecified atom stereocenters. The first kappa shape index (κ1) is 17.1. The van der Waals surface area contributed by atoms with E-state index < -0.39 is 5.97 Å². The lowest BCUT2D eigenvalue weighted by molar-refractivity contribution is -0.138. The average molecular weight is 389 g/mol. The van der Waals surface area contributed by atoms with Crippen molar-refractivity contribution in [3.8, 4) is 0 Å². The third-order valence-electron chi connectivity index (χ3n) is 4.43. The zero-order valence-electron chi connectivity index (χ0n) is 13.4. The van der Waals surface area contributed by atoms with Crippen LogP contribution in [-0.2, 0) is 4.79 Å². The maximum absolute atomic E-state index is 10.9. The quantitative estimate of drug-likeness (QED) is 0.853. The Hall–Kier alpha value is -1.69. The summed E-state index contributed by atoms with van der Waals surface area (Å²) in [5.74, 6) is -0.754. The van der Waals surface area contributed by atoms with Crippen LogP contribution < -0.4 is 0 Å². The first-order valence-electron chi connectivity index (χ1n) is 8.12.